The fraction of sp³-hybridized carbons (Fsp3) is 0.625. The maximum absolute atomic E-state index is 11.8. The molecule has 5 nitrogen and oxygen atoms in total. The van der Waals surface area contributed by atoms with E-state index in [1.54, 1.807) is 0 Å². The molecule has 8 heteroatoms. The molecule has 0 unspecified atom stereocenters. The van der Waals surface area contributed by atoms with Crippen molar-refractivity contribution in [1.82, 2.24) is 10.1 Å². The van der Waals surface area contributed by atoms with Crippen LogP contribution in [0.4, 0.5) is 13.2 Å². The molecule has 0 bridgehead atoms. The quantitative estimate of drug-likeness (QED) is 0.842. The topological polar surface area (TPSA) is 76.2 Å². The van der Waals surface area contributed by atoms with E-state index in [1.807, 2.05) is 0 Å². The molecule has 0 radical (unpaired) electrons. The minimum absolute atomic E-state index is 0.0222. The smallest absolute Gasteiger partial charge is 0.389 e. The van der Waals surface area contributed by atoms with Crippen LogP contribution in [-0.4, -0.2) is 27.4 Å². The van der Waals surface area contributed by atoms with Gasteiger partial charge in [0.15, 0.2) is 5.82 Å². The molecule has 0 aliphatic heterocycles. The summed E-state index contributed by atoms with van der Waals surface area (Å²) in [4.78, 5) is 13.8. The molecular formula is C8H9F3N2O3. The van der Waals surface area contributed by atoms with E-state index in [-0.39, 0.29) is 31.0 Å². The second-order valence-electron chi connectivity index (χ2n) is 3.11. The van der Waals surface area contributed by atoms with Gasteiger partial charge < -0.3 is 9.63 Å². The number of hydrogen-bond donors (Lipinski definition) is 1. The molecule has 0 atom stereocenters. The molecule has 0 saturated heterocycles. The zero-order valence-corrected chi connectivity index (χ0v) is 8.12. The molecular weight excluding hydrogens is 229 g/mol. The van der Waals surface area contributed by atoms with Crippen LogP contribution >= 0.6 is 0 Å². The summed E-state index contributed by atoms with van der Waals surface area (Å²) in [5.74, 6) is -1.05. The number of aromatic nitrogens is 2. The molecule has 0 fully saturated rings. The molecule has 0 aromatic carbocycles. The van der Waals surface area contributed by atoms with Gasteiger partial charge in [0.25, 0.3) is 0 Å². The number of nitrogens with zero attached hydrogens (tertiary/aromatic N) is 2. The summed E-state index contributed by atoms with van der Waals surface area (Å²) in [5, 5.41) is 11.7. The number of alkyl halides is 3. The molecule has 0 spiro atoms. The Labute approximate surface area is 88.3 Å². The first-order valence-electron chi connectivity index (χ1n) is 4.47. The van der Waals surface area contributed by atoms with Gasteiger partial charge in [-0.1, -0.05) is 5.16 Å². The van der Waals surface area contributed by atoms with Crippen molar-refractivity contribution in [1.29, 1.82) is 0 Å². The molecule has 1 aromatic heterocycles. The lowest BCUT2D eigenvalue weighted by molar-refractivity contribution is -0.137. The van der Waals surface area contributed by atoms with Crippen molar-refractivity contribution >= 4 is 5.97 Å². The fourth-order valence-corrected chi connectivity index (χ4v) is 0.961. The Morgan fingerprint density at radius 2 is 2.06 bits per heavy atom. The second-order valence-corrected chi connectivity index (χ2v) is 3.11. The first kappa shape index (κ1) is 12.5. The third kappa shape index (κ3) is 4.76. The van der Waals surface area contributed by atoms with Crippen molar-refractivity contribution in [2.24, 2.45) is 0 Å². The molecule has 0 aliphatic rings. The minimum atomic E-state index is -4.26. The Morgan fingerprint density at radius 1 is 1.38 bits per heavy atom. The van der Waals surface area contributed by atoms with Gasteiger partial charge >= 0.3 is 12.1 Å². The van der Waals surface area contributed by atoms with Gasteiger partial charge in [0.2, 0.25) is 5.89 Å². The van der Waals surface area contributed by atoms with Crippen molar-refractivity contribution in [2.75, 3.05) is 0 Å². The van der Waals surface area contributed by atoms with Gasteiger partial charge in [-0.25, -0.2) is 0 Å². The van der Waals surface area contributed by atoms with Crippen LogP contribution in [0.2, 0.25) is 0 Å². The number of hydrogen-bond acceptors (Lipinski definition) is 4. The van der Waals surface area contributed by atoms with Gasteiger partial charge in [-0.15, -0.1) is 0 Å². The maximum atomic E-state index is 11.8. The third-order valence-corrected chi connectivity index (χ3v) is 1.69. The number of carboxylic acids is 1. The van der Waals surface area contributed by atoms with Gasteiger partial charge in [-0.2, -0.15) is 18.2 Å². The van der Waals surface area contributed by atoms with Crippen LogP contribution in [0.15, 0.2) is 4.52 Å². The monoisotopic (exact) mass is 238 g/mol. The number of aliphatic carboxylic acids is 1. The summed E-state index contributed by atoms with van der Waals surface area (Å²) in [5.41, 5.74) is 0. The van der Waals surface area contributed by atoms with Gasteiger partial charge in [-0.3, -0.25) is 4.79 Å². The van der Waals surface area contributed by atoms with Crippen LogP contribution in [0.3, 0.4) is 0 Å². The molecule has 0 saturated carbocycles. The van der Waals surface area contributed by atoms with Crippen LogP contribution in [0.1, 0.15) is 24.6 Å². The molecule has 90 valence electrons. The summed E-state index contributed by atoms with van der Waals surface area (Å²) >= 11 is 0. The van der Waals surface area contributed by atoms with E-state index in [0.29, 0.717) is 0 Å². The summed E-state index contributed by atoms with van der Waals surface area (Å²) in [6, 6.07) is 0. The fourth-order valence-electron chi connectivity index (χ4n) is 0.961. The largest absolute Gasteiger partial charge is 0.481 e. The van der Waals surface area contributed by atoms with Crippen molar-refractivity contribution in [3.8, 4) is 0 Å². The van der Waals surface area contributed by atoms with Crippen LogP contribution in [0.5, 0.6) is 0 Å². The zero-order valence-electron chi connectivity index (χ0n) is 8.12. The van der Waals surface area contributed by atoms with E-state index in [2.05, 4.69) is 14.7 Å². The normalized spacial score (nSPS) is 11.7. The van der Waals surface area contributed by atoms with E-state index < -0.39 is 18.6 Å². The van der Waals surface area contributed by atoms with Crippen LogP contribution in [-0.2, 0) is 17.6 Å². The highest BCUT2D eigenvalue weighted by Gasteiger charge is 2.27. The lowest BCUT2D eigenvalue weighted by Gasteiger charge is -2.01. The number of aryl methyl sites for hydroxylation is 2. The number of carbonyl (C=O) groups is 1. The predicted molar refractivity (Wildman–Crippen MR) is 44.6 cm³/mol. The van der Waals surface area contributed by atoms with Crippen molar-refractivity contribution in [3.05, 3.63) is 11.7 Å². The van der Waals surface area contributed by atoms with Gasteiger partial charge in [0.05, 0.1) is 12.8 Å². The van der Waals surface area contributed by atoms with E-state index in [1.165, 1.54) is 0 Å². The van der Waals surface area contributed by atoms with Crippen LogP contribution < -0.4 is 0 Å². The van der Waals surface area contributed by atoms with E-state index in [4.69, 9.17) is 5.11 Å². The Hall–Kier alpha value is -1.60. The van der Waals surface area contributed by atoms with Crippen LogP contribution in [0, 0.1) is 0 Å². The molecule has 1 aromatic rings. The Morgan fingerprint density at radius 3 is 2.62 bits per heavy atom. The van der Waals surface area contributed by atoms with Gasteiger partial charge in [0, 0.05) is 12.8 Å². The van der Waals surface area contributed by atoms with Crippen molar-refractivity contribution in [3.63, 3.8) is 0 Å². The molecule has 1 N–H and O–H groups in total. The number of carboxylic acid groups (broad SMARTS) is 1. The minimum Gasteiger partial charge on any atom is -0.481 e. The Bertz CT molecular complexity index is 362. The maximum Gasteiger partial charge on any atom is 0.389 e. The summed E-state index contributed by atoms with van der Waals surface area (Å²) < 4.78 is 40.1. The van der Waals surface area contributed by atoms with Gasteiger partial charge in [0.1, 0.15) is 0 Å². The first-order valence-corrected chi connectivity index (χ1v) is 4.47. The lowest BCUT2D eigenvalue weighted by Crippen LogP contribution is -2.09. The van der Waals surface area contributed by atoms with E-state index in [9.17, 15) is 18.0 Å². The molecule has 16 heavy (non-hydrogen) atoms. The molecule has 0 amide bonds. The highest BCUT2D eigenvalue weighted by atomic mass is 19.4. The summed E-state index contributed by atoms with van der Waals surface area (Å²) in [6.45, 7) is 0. The zero-order chi connectivity index (χ0) is 12.2. The average Bonchev–Trinajstić information content (AvgIpc) is 2.58. The van der Waals surface area contributed by atoms with Gasteiger partial charge in [-0.05, 0) is 0 Å². The van der Waals surface area contributed by atoms with Crippen LogP contribution in [0.25, 0.3) is 0 Å². The highest BCUT2D eigenvalue weighted by Crippen LogP contribution is 2.21. The number of halogens is 3. The number of rotatable bonds is 5. The third-order valence-electron chi connectivity index (χ3n) is 1.69. The Balaban J connectivity index is 2.42. The Kier molecular flexibility index (Phi) is 3.86. The second kappa shape index (κ2) is 4.95. The molecule has 1 rings (SSSR count). The van der Waals surface area contributed by atoms with Crippen molar-refractivity contribution in [2.45, 2.75) is 31.9 Å². The summed E-state index contributed by atoms with van der Waals surface area (Å²) in [7, 11) is 0. The molecule has 0 aliphatic carbocycles. The highest BCUT2D eigenvalue weighted by molar-refractivity contribution is 5.66. The van der Waals surface area contributed by atoms with E-state index >= 15 is 0 Å². The predicted octanol–water partition coefficient (Wildman–Crippen LogP) is 1.58. The average molecular weight is 238 g/mol. The standard InChI is InChI=1S/C8H9F3N2O3/c9-8(10,11)4-3-5-12-6(16-13-5)1-2-7(14)15/h1-4H2,(H,14,15). The first-order chi connectivity index (χ1) is 7.37. The van der Waals surface area contributed by atoms with E-state index in [0.717, 1.165) is 0 Å². The lowest BCUT2D eigenvalue weighted by atomic mass is 10.3. The summed E-state index contributed by atoms with van der Waals surface area (Å²) in [6.07, 6.45) is -5.82. The molecule has 1 heterocycles. The van der Waals surface area contributed by atoms with Crippen molar-refractivity contribution < 1.29 is 27.6 Å². The SMILES string of the molecule is O=C(O)CCc1nc(CCC(F)(F)F)no1.